The molecule has 1 aliphatic carbocycles. The molecule has 2 fully saturated rings. The second-order valence-corrected chi connectivity index (χ2v) is 8.16. The molecule has 170 valence electrons. The van der Waals surface area contributed by atoms with Crippen molar-refractivity contribution in [2.24, 2.45) is 5.92 Å². The Balaban J connectivity index is 1.38. The number of benzene rings is 1. The van der Waals surface area contributed by atoms with E-state index >= 15 is 0 Å². The zero-order chi connectivity index (χ0) is 23.0. The molecule has 0 radical (unpaired) electrons. The maximum atomic E-state index is 12.9. The van der Waals surface area contributed by atoms with Crippen LogP contribution in [0, 0.1) is 16.0 Å². The number of carbonyl (C=O) groups is 1. The van der Waals surface area contributed by atoms with Crippen molar-refractivity contribution < 1.29 is 27.3 Å². The van der Waals surface area contributed by atoms with Crippen LogP contribution in [0.4, 0.5) is 24.5 Å². The summed E-state index contributed by atoms with van der Waals surface area (Å²) in [5.41, 5.74) is -1.55. The molecule has 0 bridgehead atoms. The zero-order valence-electron chi connectivity index (χ0n) is 17.3. The van der Waals surface area contributed by atoms with E-state index in [4.69, 9.17) is 4.42 Å². The summed E-state index contributed by atoms with van der Waals surface area (Å²) in [7, 11) is 0. The van der Waals surface area contributed by atoms with Gasteiger partial charge in [0, 0.05) is 44.2 Å². The van der Waals surface area contributed by atoms with Crippen LogP contribution in [0.5, 0.6) is 0 Å². The van der Waals surface area contributed by atoms with E-state index in [-0.39, 0.29) is 24.7 Å². The number of alkyl halides is 3. The van der Waals surface area contributed by atoms with Gasteiger partial charge in [0.25, 0.3) is 5.69 Å². The minimum atomic E-state index is -4.66. The van der Waals surface area contributed by atoms with Crippen molar-refractivity contribution in [3.8, 4) is 0 Å². The number of piperazine rings is 1. The van der Waals surface area contributed by atoms with Gasteiger partial charge in [-0.05, 0) is 42.7 Å². The monoisotopic (exact) mass is 449 g/mol. The second-order valence-electron chi connectivity index (χ2n) is 8.16. The third-order valence-electron chi connectivity index (χ3n) is 5.94. The van der Waals surface area contributed by atoms with Crippen LogP contribution in [-0.4, -0.2) is 41.9 Å². The largest absolute Gasteiger partial charge is 0.461 e. The van der Waals surface area contributed by atoms with E-state index in [9.17, 15) is 28.1 Å². The molecule has 1 saturated heterocycles. The summed E-state index contributed by atoms with van der Waals surface area (Å²) < 4.78 is 44.5. The number of halogens is 3. The third kappa shape index (κ3) is 4.63. The topological polar surface area (TPSA) is 79.8 Å². The molecule has 2 aliphatic rings. The number of anilines is 1. The van der Waals surface area contributed by atoms with Crippen LogP contribution in [0.15, 0.2) is 40.8 Å². The standard InChI is InChI=1S/C22H22F3N3O4/c1-14-12-17(14)20-6-3-16(32-20)4-7-21(29)27-10-8-26(9-11-27)18-5-2-15(22(23,24)25)13-19(18)28(30)31/h2-7,13-14,17H,8-12H2,1H3/b7-4+. The first-order valence-corrected chi connectivity index (χ1v) is 10.3. The highest BCUT2D eigenvalue weighted by Crippen LogP contribution is 2.47. The summed E-state index contributed by atoms with van der Waals surface area (Å²) in [6.45, 7) is 3.30. The SMILES string of the molecule is CC1CC1c1ccc(/C=C/C(=O)N2CCN(c3ccc(C(F)(F)F)cc3[N+](=O)[O-])CC2)o1. The number of rotatable bonds is 5. The van der Waals surface area contributed by atoms with Crippen LogP contribution in [0.2, 0.25) is 0 Å². The lowest BCUT2D eigenvalue weighted by Gasteiger charge is -2.35. The summed E-state index contributed by atoms with van der Waals surface area (Å²) in [6, 6.07) is 6.26. The van der Waals surface area contributed by atoms with Gasteiger partial charge in [0.2, 0.25) is 5.91 Å². The molecule has 0 N–H and O–H groups in total. The number of hydrogen-bond donors (Lipinski definition) is 0. The van der Waals surface area contributed by atoms with Gasteiger partial charge in [0.15, 0.2) is 0 Å². The van der Waals surface area contributed by atoms with Crippen molar-refractivity contribution in [2.75, 3.05) is 31.1 Å². The van der Waals surface area contributed by atoms with Crippen molar-refractivity contribution >= 4 is 23.4 Å². The quantitative estimate of drug-likeness (QED) is 0.376. The molecule has 1 amide bonds. The molecule has 4 rings (SSSR count). The van der Waals surface area contributed by atoms with Crippen LogP contribution in [-0.2, 0) is 11.0 Å². The van der Waals surface area contributed by atoms with Gasteiger partial charge in [-0.1, -0.05) is 6.92 Å². The molecule has 10 heteroatoms. The average molecular weight is 449 g/mol. The van der Waals surface area contributed by atoms with E-state index in [1.54, 1.807) is 15.9 Å². The molecule has 1 aromatic heterocycles. The number of nitrogens with zero attached hydrogens (tertiary/aromatic N) is 3. The van der Waals surface area contributed by atoms with E-state index in [1.165, 1.54) is 6.08 Å². The maximum absolute atomic E-state index is 12.9. The molecule has 32 heavy (non-hydrogen) atoms. The number of furan rings is 1. The predicted molar refractivity (Wildman–Crippen MR) is 111 cm³/mol. The zero-order valence-corrected chi connectivity index (χ0v) is 17.3. The van der Waals surface area contributed by atoms with Gasteiger partial charge >= 0.3 is 6.18 Å². The van der Waals surface area contributed by atoms with Gasteiger partial charge in [0.05, 0.1) is 10.5 Å². The third-order valence-corrected chi connectivity index (χ3v) is 5.94. The molecule has 2 unspecified atom stereocenters. The first-order valence-electron chi connectivity index (χ1n) is 10.3. The molecule has 2 atom stereocenters. The second kappa shape index (κ2) is 8.33. The van der Waals surface area contributed by atoms with Crippen molar-refractivity contribution in [1.29, 1.82) is 0 Å². The Bertz CT molecular complexity index is 1050. The molecule has 7 nitrogen and oxygen atoms in total. The Morgan fingerprint density at radius 1 is 1.19 bits per heavy atom. The maximum Gasteiger partial charge on any atom is 0.416 e. The fourth-order valence-electron chi connectivity index (χ4n) is 3.92. The Hall–Kier alpha value is -3.30. The Labute approximate surface area is 182 Å². The molecule has 1 saturated carbocycles. The summed E-state index contributed by atoms with van der Waals surface area (Å²) in [5, 5.41) is 11.3. The molecular formula is C22H22F3N3O4. The van der Waals surface area contributed by atoms with Gasteiger partial charge in [0.1, 0.15) is 17.2 Å². The highest BCUT2D eigenvalue weighted by atomic mass is 19.4. The molecule has 1 aliphatic heterocycles. The van der Waals surface area contributed by atoms with Gasteiger partial charge in [-0.2, -0.15) is 13.2 Å². The first-order chi connectivity index (χ1) is 15.1. The number of nitro groups is 1. The highest BCUT2D eigenvalue weighted by Gasteiger charge is 2.36. The minimum absolute atomic E-state index is 0.114. The van der Waals surface area contributed by atoms with Gasteiger partial charge < -0.3 is 14.2 Å². The summed E-state index contributed by atoms with van der Waals surface area (Å²) >= 11 is 0. The number of carbonyl (C=O) groups excluding carboxylic acids is 1. The van der Waals surface area contributed by atoms with Gasteiger partial charge in [-0.25, -0.2) is 0 Å². The lowest BCUT2D eigenvalue weighted by atomic mass is 10.1. The van der Waals surface area contributed by atoms with Crippen LogP contribution in [0.3, 0.4) is 0 Å². The number of hydrogen-bond acceptors (Lipinski definition) is 5. The van der Waals surface area contributed by atoms with E-state index in [1.807, 2.05) is 12.1 Å². The minimum Gasteiger partial charge on any atom is -0.461 e. The van der Waals surface area contributed by atoms with Crippen molar-refractivity contribution in [2.45, 2.75) is 25.4 Å². The van der Waals surface area contributed by atoms with Gasteiger partial charge in [-0.3, -0.25) is 14.9 Å². The lowest BCUT2D eigenvalue weighted by Crippen LogP contribution is -2.48. The van der Waals surface area contributed by atoms with Crippen LogP contribution < -0.4 is 4.90 Å². The molecule has 0 spiro atoms. The molecule has 1 aromatic carbocycles. The smallest absolute Gasteiger partial charge is 0.416 e. The molecule has 2 aromatic rings. The predicted octanol–water partition coefficient (Wildman–Crippen LogP) is 4.69. The average Bonchev–Trinajstić information content (AvgIpc) is 3.30. The fourth-order valence-corrected chi connectivity index (χ4v) is 3.92. The fraction of sp³-hybridized carbons (Fsp3) is 0.409. The highest BCUT2D eigenvalue weighted by molar-refractivity contribution is 5.91. The van der Waals surface area contributed by atoms with Crippen LogP contribution in [0.1, 0.15) is 36.3 Å². The Kier molecular flexibility index (Phi) is 5.70. The lowest BCUT2D eigenvalue weighted by molar-refractivity contribution is -0.384. The first kappa shape index (κ1) is 21.9. The summed E-state index contributed by atoms with van der Waals surface area (Å²) in [5.74, 6) is 2.39. The summed E-state index contributed by atoms with van der Waals surface area (Å²) in [6.07, 6.45) is -0.509. The van der Waals surface area contributed by atoms with Crippen molar-refractivity contribution in [3.05, 3.63) is 63.6 Å². The van der Waals surface area contributed by atoms with Crippen molar-refractivity contribution in [3.63, 3.8) is 0 Å². The van der Waals surface area contributed by atoms with E-state index in [2.05, 4.69) is 6.92 Å². The molecular weight excluding hydrogens is 427 g/mol. The Morgan fingerprint density at radius 3 is 2.47 bits per heavy atom. The summed E-state index contributed by atoms with van der Waals surface area (Å²) in [4.78, 5) is 26.2. The number of nitro benzene ring substituents is 1. The number of amides is 1. The Morgan fingerprint density at radius 2 is 1.88 bits per heavy atom. The van der Waals surface area contributed by atoms with Gasteiger partial charge in [-0.15, -0.1) is 0 Å². The molecule has 2 heterocycles. The normalized spacial score (nSPS) is 21.2. The van der Waals surface area contributed by atoms with Crippen LogP contribution in [0.25, 0.3) is 6.08 Å². The van der Waals surface area contributed by atoms with Crippen LogP contribution >= 0.6 is 0 Å². The van der Waals surface area contributed by atoms with E-state index in [0.717, 1.165) is 24.3 Å². The van der Waals surface area contributed by atoms with E-state index < -0.39 is 22.4 Å². The van der Waals surface area contributed by atoms with Crippen molar-refractivity contribution in [1.82, 2.24) is 4.90 Å². The van der Waals surface area contributed by atoms with E-state index in [0.29, 0.717) is 36.8 Å².